The van der Waals surface area contributed by atoms with Gasteiger partial charge in [0.25, 0.3) is 0 Å². The first-order valence-electron chi connectivity index (χ1n) is 5.31. The van der Waals surface area contributed by atoms with Gasteiger partial charge in [0.1, 0.15) is 0 Å². The Hall–Kier alpha value is -0.0800. The molecule has 0 aromatic heterocycles. The molecule has 0 atom stereocenters. The van der Waals surface area contributed by atoms with Gasteiger partial charge in [0.05, 0.1) is 0 Å². The van der Waals surface area contributed by atoms with Crippen molar-refractivity contribution in [3.8, 4) is 0 Å². The van der Waals surface area contributed by atoms with Crippen LogP contribution in [0, 0.1) is 0 Å². The first kappa shape index (κ1) is 12.9. The van der Waals surface area contributed by atoms with Gasteiger partial charge in [-0.05, 0) is 48.1 Å². The van der Waals surface area contributed by atoms with Crippen molar-refractivity contribution in [1.82, 2.24) is 9.80 Å². The van der Waals surface area contributed by atoms with Gasteiger partial charge in [-0.3, -0.25) is 0 Å². The zero-order chi connectivity index (χ0) is 10.3. The minimum Gasteiger partial charge on any atom is -0.312 e. The van der Waals surface area contributed by atoms with E-state index < -0.39 is 0 Å². The van der Waals surface area contributed by atoms with Gasteiger partial charge in [0.2, 0.25) is 0 Å². The molecule has 0 saturated heterocycles. The van der Waals surface area contributed by atoms with Crippen LogP contribution in [0.15, 0.2) is 0 Å². The van der Waals surface area contributed by atoms with Crippen LogP contribution in [0.1, 0.15) is 32.1 Å². The van der Waals surface area contributed by atoms with Crippen LogP contribution < -0.4 is 0 Å². The van der Waals surface area contributed by atoms with Crippen LogP contribution >= 0.6 is 0 Å². The Morgan fingerprint density at radius 1 is 0.769 bits per heavy atom. The molecule has 1 saturated carbocycles. The van der Waals surface area contributed by atoms with Gasteiger partial charge in [-0.15, -0.1) is 0 Å². The molecule has 2 heteroatoms. The van der Waals surface area contributed by atoms with Gasteiger partial charge in [0.15, 0.2) is 0 Å². The summed E-state index contributed by atoms with van der Waals surface area (Å²) in [7, 11) is 10.4. The van der Waals surface area contributed by atoms with E-state index in [4.69, 9.17) is 0 Å². The molecule has 0 radical (unpaired) electrons. The van der Waals surface area contributed by atoms with Crippen molar-refractivity contribution in [2.24, 2.45) is 0 Å². The van der Waals surface area contributed by atoms with Crippen LogP contribution in [-0.4, -0.2) is 51.1 Å². The van der Waals surface area contributed by atoms with Crippen molar-refractivity contribution in [2.45, 2.75) is 38.1 Å². The maximum atomic E-state index is 2.36. The minimum absolute atomic E-state index is 0.888. The molecule has 1 rings (SSSR count). The van der Waals surface area contributed by atoms with E-state index in [-0.39, 0.29) is 0 Å². The first-order valence-corrected chi connectivity index (χ1v) is 5.31. The second-order valence-corrected chi connectivity index (χ2v) is 4.60. The maximum Gasteiger partial charge on any atom is 0.00891 e. The Labute approximate surface area is 83.9 Å². The van der Waals surface area contributed by atoms with E-state index in [1.807, 2.05) is 26.0 Å². The molecule has 0 aromatic rings. The van der Waals surface area contributed by atoms with Gasteiger partial charge in [-0.1, -0.05) is 19.3 Å². The Kier molecular flexibility index (Phi) is 7.29. The molecule has 0 aliphatic heterocycles. The maximum absolute atomic E-state index is 2.36. The standard InChI is InChI=1S/C8H17N.C3H9N/c1-9(2)8-6-4-3-5-7-8;1-4(2)3/h8H,3-7H2,1-2H3;1-3H3. The molecule has 0 spiro atoms. The van der Waals surface area contributed by atoms with Crippen LogP contribution in [0.5, 0.6) is 0 Å². The molecule has 1 aliphatic carbocycles. The summed E-state index contributed by atoms with van der Waals surface area (Å²) in [6.45, 7) is 0. The van der Waals surface area contributed by atoms with Crippen LogP contribution in [-0.2, 0) is 0 Å². The molecule has 13 heavy (non-hydrogen) atoms. The molecule has 80 valence electrons. The monoisotopic (exact) mass is 186 g/mol. The molecule has 0 unspecified atom stereocenters. The fraction of sp³-hybridized carbons (Fsp3) is 1.00. The average molecular weight is 186 g/mol. The van der Waals surface area contributed by atoms with Gasteiger partial charge in [-0.2, -0.15) is 0 Å². The lowest BCUT2D eigenvalue weighted by molar-refractivity contribution is 0.229. The molecule has 1 fully saturated rings. The summed E-state index contributed by atoms with van der Waals surface area (Å²) in [5.74, 6) is 0. The first-order chi connectivity index (χ1) is 6.04. The molecular weight excluding hydrogens is 160 g/mol. The lowest BCUT2D eigenvalue weighted by Gasteiger charge is -2.27. The molecule has 2 nitrogen and oxygen atoms in total. The van der Waals surface area contributed by atoms with Crippen molar-refractivity contribution in [2.75, 3.05) is 35.2 Å². The molecule has 0 heterocycles. The summed E-state index contributed by atoms with van der Waals surface area (Å²) in [6, 6.07) is 0.888. The van der Waals surface area contributed by atoms with E-state index in [9.17, 15) is 0 Å². The molecule has 1 aliphatic rings. The minimum atomic E-state index is 0.888. The average Bonchev–Trinajstić information content (AvgIpc) is 2.05. The Morgan fingerprint density at radius 3 is 1.38 bits per heavy atom. The summed E-state index contributed by atoms with van der Waals surface area (Å²) < 4.78 is 0. The number of nitrogens with zero attached hydrogens (tertiary/aromatic N) is 2. The summed E-state index contributed by atoms with van der Waals surface area (Å²) >= 11 is 0. The number of hydrogen-bond acceptors (Lipinski definition) is 2. The van der Waals surface area contributed by atoms with E-state index >= 15 is 0 Å². The van der Waals surface area contributed by atoms with Crippen LogP contribution in [0.3, 0.4) is 0 Å². The SMILES string of the molecule is CN(C)C.CN(C)C1CCCCC1. The molecule has 0 N–H and O–H groups in total. The molecule has 0 amide bonds. The Balaban J connectivity index is 0.000000310. The predicted octanol–water partition coefficient (Wildman–Crippen LogP) is 2.06. The third-order valence-corrected chi connectivity index (χ3v) is 2.30. The Morgan fingerprint density at radius 2 is 1.15 bits per heavy atom. The lowest BCUT2D eigenvalue weighted by atomic mass is 9.95. The zero-order valence-electron chi connectivity index (χ0n) is 10.0. The third kappa shape index (κ3) is 8.26. The largest absolute Gasteiger partial charge is 0.312 e. The van der Waals surface area contributed by atoms with Crippen LogP contribution in [0.4, 0.5) is 0 Å². The molecule has 0 bridgehead atoms. The highest BCUT2D eigenvalue weighted by atomic mass is 15.1. The van der Waals surface area contributed by atoms with E-state index in [1.165, 1.54) is 32.1 Å². The van der Waals surface area contributed by atoms with Crippen LogP contribution in [0.25, 0.3) is 0 Å². The fourth-order valence-corrected chi connectivity index (χ4v) is 1.60. The van der Waals surface area contributed by atoms with Gasteiger partial charge < -0.3 is 9.80 Å². The summed E-state index contributed by atoms with van der Waals surface area (Å²) in [5, 5.41) is 0. The highest BCUT2D eigenvalue weighted by Crippen LogP contribution is 2.20. The summed E-state index contributed by atoms with van der Waals surface area (Å²) in [4.78, 5) is 4.36. The normalized spacial score (nSPS) is 18.7. The third-order valence-electron chi connectivity index (χ3n) is 2.30. The summed E-state index contributed by atoms with van der Waals surface area (Å²) in [6.07, 6.45) is 7.20. The van der Waals surface area contributed by atoms with Crippen molar-refractivity contribution in [1.29, 1.82) is 0 Å². The quantitative estimate of drug-likeness (QED) is 0.618. The van der Waals surface area contributed by atoms with E-state index in [0.717, 1.165) is 6.04 Å². The van der Waals surface area contributed by atoms with Gasteiger partial charge in [-0.25, -0.2) is 0 Å². The van der Waals surface area contributed by atoms with E-state index in [0.29, 0.717) is 0 Å². The van der Waals surface area contributed by atoms with Crippen LogP contribution in [0.2, 0.25) is 0 Å². The predicted molar refractivity (Wildman–Crippen MR) is 60.2 cm³/mol. The second kappa shape index (κ2) is 7.34. The van der Waals surface area contributed by atoms with Crippen molar-refractivity contribution < 1.29 is 0 Å². The highest BCUT2D eigenvalue weighted by Gasteiger charge is 2.13. The number of rotatable bonds is 1. The van der Waals surface area contributed by atoms with Crippen molar-refractivity contribution in [3.63, 3.8) is 0 Å². The topological polar surface area (TPSA) is 6.48 Å². The summed E-state index contributed by atoms with van der Waals surface area (Å²) in [5.41, 5.74) is 0. The molecule has 0 aromatic carbocycles. The molecular formula is C11H26N2. The second-order valence-electron chi connectivity index (χ2n) is 4.60. The van der Waals surface area contributed by atoms with E-state index in [1.54, 1.807) is 0 Å². The fourth-order valence-electron chi connectivity index (χ4n) is 1.60. The van der Waals surface area contributed by atoms with Gasteiger partial charge in [0, 0.05) is 6.04 Å². The van der Waals surface area contributed by atoms with Gasteiger partial charge >= 0.3 is 0 Å². The zero-order valence-corrected chi connectivity index (χ0v) is 10.0. The highest BCUT2D eigenvalue weighted by molar-refractivity contribution is 4.70. The lowest BCUT2D eigenvalue weighted by Crippen LogP contribution is -2.29. The van der Waals surface area contributed by atoms with E-state index in [2.05, 4.69) is 19.0 Å². The smallest absolute Gasteiger partial charge is 0.00891 e. The van der Waals surface area contributed by atoms with Crippen molar-refractivity contribution >= 4 is 0 Å². The number of hydrogen-bond donors (Lipinski definition) is 0. The Bertz CT molecular complexity index is 102. The van der Waals surface area contributed by atoms with Crippen molar-refractivity contribution in [3.05, 3.63) is 0 Å².